The molecule has 4 nitrogen and oxygen atoms in total. The minimum absolute atomic E-state index is 0.0528. The summed E-state index contributed by atoms with van der Waals surface area (Å²) in [6.07, 6.45) is 0. The molecule has 1 aromatic heterocycles. The van der Waals surface area contributed by atoms with Gasteiger partial charge in [-0.1, -0.05) is 6.07 Å². The maximum atomic E-state index is 12.1. The monoisotopic (exact) mass is 289 g/mol. The lowest BCUT2D eigenvalue weighted by Crippen LogP contribution is -2.25. The standard InChI is InChI=1S/C15H15NO3S/c1-10(14(17)13-4-3-9-20-13)16-12-7-5-11(6-8-12)15(18)19-2/h3-10,16H,1-2H3. The quantitative estimate of drug-likeness (QED) is 0.678. The number of thiophene rings is 1. The first-order valence-corrected chi connectivity index (χ1v) is 7.02. The zero-order chi connectivity index (χ0) is 14.5. The third-order valence-corrected chi connectivity index (χ3v) is 3.73. The zero-order valence-corrected chi connectivity index (χ0v) is 12.1. The van der Waals surface area contributed by atoms with E-state index >= 15 is 0 Å². The number of hydrogen-bond acceptors (Lipinski definition) is 5. The van der Waals surface area contributed by atoms with Crippen LogP contribution in [0, 0.1) is 0 Å². The summed E-state index contributed by atoms with van der Waals surface area (Å²) in [4.78, 5) is 24.2. The van der Waals surface area contributed by atoms with Crippen molar-refractivity contribution in [2.45, 2.75) is 13.0 Å². The van der Waals surface area contributed by atoms with Crippen molar-refractivity contribution < 1.29 is 14.3 Å². The zero-order valence-electron chi connectivity index (χ0n) is 11.3. The molecular weight excluding hydrogens is 274 g/mol. The average Bonchev–Trinajstić information content (AvgIpc) is 3.00. The molecule has 1 atom stereocenters. The molecule has 2 aromatic rings. The van der Waals surface area contributed by atoms with Gasteiger partial charge in [0, 0.05) is 5.69 Å². The first kappa shape index (κ1) is 14.3. The fourth-order valence-corrected chi connectivity index (χ4v) is 2.52. The minimum Gasteiger partial charge on any atom is -0.465 e. The number of ether oxygens (including phenoxy) is 1. The molecule has 20 heavy (non-hydrogen) atoms. The summed E-state index contributed by atoms with van der Waals surface area (Å²) >= 11 is 1.43. The summed E-state index contributed by atoms with van der Waals surface area (Å²) in [6, 6.07) is 10.2. The van der Waals surface area contributed by atoms with Crippen molar-refractivity contribution >= 4 is 28.8 Å². The second-order valence-electron chi connectivity index (χ2n) is 4.28. The number of anilines is 1. The highest BCUT2D eigenvalue weighted by Gasteiger charge is 2.15. The number of ketones is 1. The van der Waals surface area contributed by atoms with Crippen molar-refractivity contribution in [1.82, 2.24) is 0 Å². The Bertz CT molecular complexity index is 590. The molecule has 5 heteroatoms. The number of carbonyl (C=O) groups excluding carboxylic acids is 2. The van der Waals surface area contributed by atoms with Crippen molar-refractivity contribution in [3.63, 3.8) is 0 Å². The predicted octanol–water partition coefficient (Wildman–Crippen LogP) is 3.22. The second kappa shape index (κ2) is 6.34. The van der Waals surface area contributed by atoms with Gasteiger partial charge in [0.05, 0.1) is 23.6 Å². The molecule has 0 fully saturated rings. The van der Waals surface area contributed by atoms with Crippen LogP contribution in [0.4, 0.5) is 5.69 Å². The summed E-state index contributed by atoms with van der Waals surface area (Å²) in [6.45, 7) is 1.82. The van der Waals surface area contributed by atoms with E-state index in [1.54, 1.807) is 24.3 Å². The van der Waals surface area contributed by atoms with Crippen LogP contribution in [0.5, 0.6) is 0 Å². The number of Topliss-reactive ketones (excluding diaryl/α,β-unsaturated/α-hetero) is 1. The van der Waals surface area contributed by atoms with E-state index in [4.69, 9.17) is 0 Å². The van der Waals surface area contributed by atoms with Gasteiger partial charge in [0.25, 0.3) is 0 Å². The number of hydrogen-bond donors (Lipinski definition) is 1. The summed E-state index contributed by atoms with van der Waals surface area (Å²) in [5.41, 5.74) is 1.27. The smallest absolute Gasteiger partial charge is 0.337 e. The topological polar surface area (TPSA) is 55.4 Å². The Balaban J connectivity index is 2.03. The molecule has 1 unspecified atom stereocenters. The SMILES string of the molecule is COC(=O)c1ccc(NC(C)C(=O)c2cccs2)cc1. The normalized spacial score (nSPS) is 11.7. The van der Waals surface area contributed by atoms with E-state index in [9.17, 15) is 9.59 Å². The Morgan fingerprint density at radius 2 is 1.90 bits per heavy atom. The molecular formula is C15H15NO3S. The number of nitrogens with one attached hydrogen (secondary N) is 1. The Kier molecular flexibility index (Phi) is 4.53. The first-order valence-electron chi connectivity index (χ1n) is 6.14. The lowest BCUT2D eigenvalue weighted by molar-refractivity contribution is 0.0600. The Morgan fingerprint density at radius 1 is 1.20 bits per heavy atom. The summed E-state index contributed by atoms with van der Waals surface area (Å²) in [5.74, 6) is -0.323. The summed E-state index contributed by atoms with van der Waals surface area (Å²) in [7, 11) is 1.34. The van der Waals surface area contributed by atoms with Gasteiger partial charge in [-0.3, -0.25) is 4.79 Å². The number of methoxy groups -OCH3 is 1. The molecule has 0 radical (unpaired) electrons. The molecule has 0 aliphatic carbocycles. The van der Waals surface area contributed by atoms with Gasteiger partial charge < -0.3 is 10.1 Å². The fourth-order valence-electron chi connectivity index (χ4n) is 1.77. The van der Waals surface area contributed by atoms with E-state index in [1.807, 2.05) is 24.4 Å². The number of benzene rings is 1. The van der Waals surface area contributed by atoms with Crippen LogP contribution in [-0.4, -0.2) is 24.9 Å². The highest BCUT2D eigenvalue weighted by molar-refractivity contribution is 7.12. The molecule has 2 rings (SSSR count). The van der Waals surface area contributed by atoms with Crippen LogP contribution in [0.25, 0.3) is 0 Å². The minimum atomic E-state index is -0.376. The van der Waals surface area contributed by atoms with E-state index in [1.165, 1.54) is 18.4 Å². The lowest BCUT2D eigenvalue weighted by atomic mass is 10.1. The van der Waals surface area contributed by atoms with Crippen molar-refractivity contribution in [3.8, 4) is 0 Å². The molecule has 0 aliphatic rings. The van der Waals surface area contributed by atoms with Gasteiger partial charge in [-0.05, 0) is 42.6 Å². The van der Waals surface area contributed by atoms with E-state index in [-0.39, 0.29) is 17.8 Å². The van der Waals surface area contributed by atoms with Crippen molar-refractivity contribution in [2.24, 2.45) is 0 Å². The van der Waals surface area contributed by atoms with E-state index < -0.39 is 0 Å². The Labute approximate surface area is 121 Å². The molecule has 104 valence electrons. The van der Waals surface area contributed by atoms with Crippen LogP contribution in [0.1, 0.15) is 27.0 Å². The van der Waals surface area contributed by atoms with Gasteiger partial charge in [0.1, 0.15) is 0 Å². The maximum Gasteiger partial charge on any atom is 0.337 e. The van der Waals surface area contributed by atoms with Gasteiger partial charge in [-0.15, -0.1) is 11.3 Å². The van der Waals surface area contributed by atoms with E-state index in [0.717, 1.165) is 10.6 Å². The molecule has 0 saturated carbocycles. The van der Waals surface area contributed by atoms with Gasteiger partial charge >= 0.3 is 5.97 Å². The third-order valence-electron chi connectivity index (χ3n) is 2.85. The maximum absolute atomic E-state index is 12.1. The highest BCUT2D eigenvalue weighted by atomic mass is 32.1. The van der Waals surface area contributed by atoms with Crippen LogP contribution >= 0.6 is 11.3 Å². The van der Waals surface area contributed by atoms with Crippen molar-refractivity contribution in [3.05, 3.63) is 52.2 Å². The van der Waals surface area contributed by atoms with Crippen LogP contribution < -0.4 is 5.32 Å². The molecule has 0 bridgehead atoms. The summed E-state index contributed by atoms with van der Waals surface area (Å²) in [5, 5.41) is 5.00. The summed E-state index contributed by atoms with van der Waals surface area (Å²) < 4.78 is 4.63. The van der Waals surface area contributed by atoms with Crippen LogP contribution in [0.3, 0.4) is 0 Å². The van der Waals surface area contributed by atoms with Crippen LogP contribution in [-0.2, 0) is 4.74 Å². The Morgan fingerprint density at radius 3 is 2.45 bits per heavy atom. The van der Waals surface area contributed by atoms with Gasteiger partial charge in [-0.25, -0.2) is 4.79 Å². The molecule has 0 spiro atoms. The lowest BCUT2D eigenvalue weighted by Gasteiger charge is -2.13. The predicted molar refractivity (Wildman–Crippen MR) is 79.5 cm³/mol. The molecule has 0 amide bonds. The molecule has 0 aliphatic heterocycles. The first-order chi connectivity index (χ1) is 9.61. The van der Waals surface area contributed by atoms with Crippen molar-refractivity contribution in [1.29, 1.82) is 0 Å². The van der Waals surface area contributed by atoms with Crippen LogP contribution in [0.2, 0.25) is 0 Å². The Hall–Kier alpha value is -2.14. The fraction of sp³-hybridized carbons (Fsp3) is 0.200. The van der Waals surface area contributed by atoms with E-state index in [2.05, 4.69) is 10.1 Å². The molecule has 1 aromatic carbocycles. The van der Waals surface area contributed by atoms with Gasteiger partial charge in [-0.2, -0.15) is 0 Å². The van der Waals surface area contributed by atoms with Crippen LogP contribution in [0.15, 0.2) is 41.8 Å². The highest BCUT2D eigenvalue weighted by Crippen LogP contribution is 2.16. The second-order valence-corrected chi connectivity index (χ2v) is 5.22. The molecule has 1 heterocycles. The number of rotatable bonds is 5. The van der Waals surface area contributed by atoms with E-state index in [0.29, 0.717) is 5.56 Å². The number of esters is 1. The van der Waals surface area contributed by atoms with Gasteiger partial charge in [0.15, 0.2) is 5.78 Å². The molecule has 1 N–H and O–H groups in total. The third kappa shape index (κ3) is 3.24. The molecule has 0 saturated heterocycles. The van der Waals surface area contributed by atoms with Crippen molar-refractivity contribution in [2.75, 3.05) is 12.4 Å². The number of carbonyl (C=O) groups is 2. The largest absolute Gasteiger partial charge is 0.465 e. The average molecular weight is 289 g/mol. The van der Waals surface area contributed by atoms with Gasteiger partial charge in [0.2, 0.25) is 0 Å².